The molecule has 2 rings (SSSR count). The quantitative estimate of drug-likeness (QED) is 0.854. The number of halogens is 3. The van der Waals surface area contributed by atoms with E-state index in [0.29, 0.717) is 9.90 Å². The average molecular weight is 292 g/mol. The molecule has 0 N–H and O–H groups in total. The van der Waals surface area contributed by atoms with Gasteiger partial charge in [-0.2, -0.15) is 13.2 Å². The lowest BCUT2D eigenvalue weighted by Crippen LogP contribution is -2.05. The summed E-state index contributed by atoms with van der Waals surface area (Å²) in [6.45, 7) is 1.62. The number of hydrogen-bond acceptors (Lipinski definition) is 4. The van der Waals surface area contributed by atoms with E-state index in [1.807, 2.05) is 0 Å². The van der Waals surface area contributed by atoms with E-state index in [0.717, 1.165) is 23.7 Å². The Morgan fingerprint density at radius 2 is 2.06 bits per heavy atom. The largest absolute Gasteiger partial charge is 0.416 e. The maximum atomic E-state index is 12.5. The SMILES string of the molecule is Cc1nnsc1[S@](=O)c1cccc(C(F)(F)F)c1. The Hall–Kier alpha value is -1.28. The fourth-order valence-corrected chi connectivity index (χ4v) is 3.32. The van der Waals surface area contributed by atoms with Gasteiger partial charge in [-0.05, 0) is 36.7 Å². The van der Waals surface area contributed by atoms with Gasteiger partial charge in [-0.1, -0.05) is 10.6 Å². The molecule has 96 valence electrons. The molecule has 8 heteroatoms. The first-order chi connectivity index (χ1) is 8.39. The summed E-state index contributed by atoms with van der Waals surface area (Å²) in [6, 6.07) is 4.46. The molecule has 18 heavy (non-hydrogen) atoms. The van der Waals surface area contributed by atoms with Crippen molar-refractivity contribution in [2.45, 2.75) is 22.2 Å². The molecule has 0 saturated carbocycles. The summed E-state index contributed by atoms with van der Waals surface area (Å²) >= 11 is 0.923. The lowest BCUT2D eigenvalue weighted by atomic mass is 10.2. The van der Waals surface area contributed by atoms with Crippen molar-refractivity contribution in [3.05, 3.63) is 35.5 Å². The molecule has 1 heterocycles. The normalized spacial score (nSPS) is 13.6. The van der Waals surface area contributed by atoms with Gasteiger partial charge < -0.3 is 0 Å². The molecule has 0 amide bonds. The summed E-state index contributed by atoms with van der Waals surface area (Å²) in [7, 11) is -1.68. The molecule has 0 aliphatic carbocycles. The summed E-state index contributed by atoms with van der Waals surface area (Å²) in [5, 5.41) is 3.69. The van der Waals surface area contributed by atoms with Crippen LogP contribution in [0, 0.1) is 6.92 Å². The van der Waals surface area contributed by atoms with Crippen molar-refractivity contribution in [2.24, 2.45) is 0 Å². The Bertz CT molecular complexity index is 595. The van der Waals surface area contributed by atoms with Crippen LogP contribution in [0.5, 0.6) is 0 Å². The van der Waals surface area contributed by atoms with Crippen molar-refractivity contribution < 1.29 is 17.4 Å². The zero-order valence-electron chi connectivity index (χ0n) is 9.06. The number of benzene rings is 1. The summed E-state index contributed by atoms with van der Waals surface area (Å²) in [4.78, 5) is 0.0963. The summed E-state index contributed by atoms with van der Waals surface area (Å²) < 4.78 is 53.7. The van der Waals surface area contributed by atoms with Gasteiger partial charge in [0.2, 0.25) is 0 Å². The predicted octanol–water partition coefficient (Wildman–Crippen LogP) is 3.03. The van der Waals surface area contributed by atoms with E-state index in [2.05, 4.69) is 9.59 Å². The van der Waals surface area contributed by atoms with Crippen molar-refractivity contribution in [3.63, 3.8) is 0 Å². The minimum absolute atomic E-state index is 0.0963. The maximum Gasteiger partial charge on any atom is 0.416 e. The summed E-state index contributed by atoms with van der Waals surface area (Å²) in [5.41, 5.74) is -0.348. The van der Waals surface area contributed by atoms with Gasteiger partial charge in [-0.25, -0.2) is 4.21 Å². The third-order valence-electron chi connectivity index (χ3n) is 2.15. The zero-order chi connectivity index (χ0) is 13.3. The molecule has 0 spiro atoms. The highest BCUT2D eigenvalue weighted by Crippen LogP contribution is 2.31. The second-order valence-corrected chi connectivity index (χ2v) is 5.87. The number of aromatic nitrogens is 2. The van der Waals surface area contributed by atoms with Crippen LogP contribution in [0.15, 0.2) is 33.4 Å². The molecule has 1 atom stereocenters. The molecule has 0 radical (unpaired) electrons. The molecular formula is C10H7F3N2OS2. The van der Waals surface area contributed by atoms with Crippen LogP contribution in [0.25, 0.3) is 0 Å². The number of hydrogen-bond donors (Lipinski definition) is 0. The average Bonchev–Trinajstić information content (AvgIpc) is 2.73. The van der Waals surface area contributed by atoms with Crippen molar-refractivity contribution in [1.82, 2.24) is 9.59 Å². The van der Waals surface area contributed by atoms with Gasteiger partial charge in [0.05, 0.1) is 22.1 Å². The predicted molar refractivity (Wildman–Crippen MR) is 60.8 cm³/mol. The highest BCUT2D eigenvalue weighted by molar-refractivity contribution is 7.87. The van der Waals surface area contributed by atoms with E-state index >= 15 is 0 Å². The number of rotatable bonds is 2. The fourth-order valence-electron chi connectivity index (χ4n) is 1.29. The van der Waals surface area contributed by atoms with Crippen LogP contribution in [0.3, 0.4) is 0 Å². The summed E-state index contributed by atoms with van der Waals surface area (Å²) in [6.07, 6.45) is -4.44. The highest BCUT2D eigenvalue weighted by Gasteiger charge is 2.31. The van der Waals surface area contributed by atoms with Crippen LogP contribution in [-0.2, 0) is 17.0 Å². The molecule has 0 aliphatic heterocycles. The smallest absolute Gasteiger partial charge is 0.248 e. The lowest BCUT2D eigenvalue weighted by Gasteiger charge is -2.07. The van der Waals surface area contributed by atoms with E-state index in [-0.39, 0.29) is 4.90 Å². The molecular weight excluding hydrogens is 285 g/mol. The highest BCUT2D eigenvalue weighted by atomic mass is 32.2. The van der Waals surface area contributed by atoms with Gasteiger partial charge in [0, 0.05) is 4.90 Å². The van der Waals surface area contributed by atoms with Crippen LogP contribution < -0.4 is 0 Å². The van der Waals surface area contributed by atoms with E-state index in [1.54, 1.807) is 6.92 Å². The monoisotopic (exact) mass is 292 g/mol. The van der Waals surface area contributed by atoms with E-state index in [4.69, 9.17) is 0 Å². The molecule has 0 saturated heterocycles. The van der Waals surface area contributed by atoms with Gasteiger partial charge in [0.15, 0.2) is 0 Å². The van der Waals surface area contributed by atoms with Crippen molar-refractivity contribution in [1.29, 1.82) is 0 Å². The summed E-state index contributed by atoms with van der Waals surface area (Å²) in [5.74, 6) is 0. The van der Waals surface area contributed by atoms with Crippen LogP contribution in [-0.4, -0.2) is 13.8 Å². The Morgan fingerprint density at radius 1 is 1.33 bits per heavy atom. The maximum absolute atomic E-state index is 12.5. The first-order valence-electron chi connectivity index (χ1n) is 4.77. The minimum atomic E-state index is -4.44. The lowest BCUT2D eigenvalue weighted by molar-refractivity contribution is -0.137. The van der Waals surface area contributed by atoms with Gasteiger partial charge in [0.25, 0.3) is 0 Å². The second-order valence-electron chi connectivity index (χ2n) is 3.44. The van der Waals surface area contributed by atoms with Crippen molar-refractivity contribution in [3.8, 4) is 0 Å². The molecule has 0 aliphatic rings. The fraction of sp³-hybridized carbons (Fsp3) is 0.200. The van der Waals surface area contributed by atoms with Crippen LogP contribution >= 0.6 is 11.5 Å². The number of aryl methyl sites for hydroxylation is 1. The third-order valence-corrected chi connectivity index (χ3v) is 4.77. The first kappa shape index (κ1) is 13.2. The molecule has 2 aromatic rings. The van der Waals surface area contributed by atoms with E-state index in [9.17, 15) is 17.4 Å². The molecule has 3 nitrogen and oxygen atoms in total. The molecule has 0 unspecified atom stereocenters. The Morgan fingerprint density at radius 3 is 2.61 bits per heavy atom. The third kappa shape index (κ3) is 2.59. The second kappa shape index (κ2) is 4.77. The minimum Gasteiger partial charge on any atom is -0.248 e. The van der Waals surface area contributed by atoms with Crippen LogP contribution in [0.1, 0.15) is 11.3 Å². The van der Waals surface area contributed by atoms with Gasteiger partial charge in [-0.15, -0.1) is 5.10 Å². The molecule has 0 fully saturated rings. The first-order valence-corrected chi connectivity index (χ1v) is 6.70. The van der Waals surface area contributed by atoms with Gasteiger partial charge >= 0.3 is 6.18 Å². The van der Waals surface area contributed by atoms with Gasteiger partial charge in [-0.3, -0.25) is 0 Å². The standard InChI is InChI=1S/C10H7F3N2OS2/c1-6-9(17-15-14-6)18(16)8-4-2-3-7(5-8)10(11,12)13/h2-5H,1H3/t18-/m1/s1. The number of nitrogens with zero attached hydrogens (tertiary/aromatic N) is 2. The zero-order valence-corrected chi connectivity index (χ0v) is 10.7. The van der Waals surface area contributed by atoms with Gasteiger partial charge in [0.1, 0.15) is 4.21 Å². The van der Waals surface area contributed by atoms with E-state index < -0.39 is 22.5 Å². The van der Waals surface area contributed by atoms with Crippen molar-refractivity contribution >= 4 is 22.3 Å². The Labute approximate surface area is 107 Å². The Balaban J connectivity index is 2.41. The van der Waals surface area contributed by atoms with Crippen molar-refractivity contribution in [2.75, 3.05) is 0 Å². The topological polar surface area (TPSA) is 42.9 Å². The molecule has 0 bridgehead atoms. The van der Waals surface area contributed by atoms with Crippen LogP contribution in [0.4, 0.5) is 13.2 Å². The molecule has 1 aromatic carbocycles. The Kier molecular flexibility index (Phi) is 3.49. The van der Waals surface area contributed by atoms with Crippen LogP contribution in [0.2, 0.25) is 0 Å². The molecule has 1 aromatic heterocycles. The van der Waals surface area contributed by atoms with E-state index in [1.165, 1.54) is 12.1 Å². The number of alkyl halides is 3.